The SMILES string of the molecule is O=S(=O)([O-])C(F)(F)C(F)(F)F.O=S(=O)([O-])C(F)(F)C(F)(F)F.[Ir]. The standard InChI is InChI=1S/2C2HF5O3S.Ir/c2*3-1(4,5)2(6,7)11(8,9)10;/h2*(H,8,9,10);/p-2. The summed E-state index contributed by atoms with van der Waals surface area (Å²) >= 11 is 0. The van der Waals surface area contributed by atoms with Gasteiger partial charge in [-0.25, -0.2) is 16.8 Å². The third-order valence-corrected chi connectivity index (χ3v) is 3.01. The van der Waals surface area contributed by atoms with Crippen LogP contribution < -0.4 is 0 Å². The molecule has 0 aliphatic carbocycles. The summed E-state index contributed by atoms with van der Waals surface area (Å²) in [5.41, 5.74) is 0. The summed E-state index contributed by atoms with van der Waals surface area (Å²) in [4.78, 5) is 0. The molecule has 0 amide bonds. The average molecular weight is 590 g/mol. The zero-order valence-electron chi connectivity index (χ0n) is 9.38. The van der Waals surface area contributed by atoms with Crippen LogP contribution in [0.2, 0.25) is 0 Å². The summed E-state index contributed by atoms with van der Waals surface area (Å²) in [7, 11) is -13.3. The first-order valence-electron chi connectivity index (χ1n) is 3.80. The molecule has 6 nitrogen and oxygen atoms in total. The van der Waals surface area contributed by atoms with E-state index in [2.05, 4.69) is 0 Å². The topological polar surface area (TPSA) is 114 Å². The molecule has 1 radical (unpaired) electrons. The van der Waals surface area contributed by atoms with Gasteiger partial charge in [-0.1, -0.05) is 0 Å². The molecule has 0 fully saturated rings. The Labute approximate surface area is 133 Å². The predicted octanol–water partition coefficient (Wildman–Crippen LogP) is 1.37. The third-order valence-electron chi connectivity index (χ3n) is 1.29. The van der Waals surface area contributed by atoms with Gasteiger partial charge >= 0.3 is 22.9 Å². The average Bonchev–Trinajstić information content (AvgIpc) is 2.10. The minimum Gasteiger partial charge on any atom is -0.743 e. The Hall–Kier alpha value is -0.231. The van der Waals surface area contributed by atoms with E-state index in [1.165, 1.54) is 0 Å². The fourth-order valence-electron chi connectivity index (χ4n) is 0.283. The van der Waals surface area contributed by atoms with Gasteiger partial charge in [-0.3, -0.25) is 0 Å². The van der Waals surface area contributed by atoms with E-state index in [1.807, 2.05) is 0 Å². The fourth-order valence-corrected chi connectivity index (χ4v) is 0.850. The Balaban J connectivity index is -0.000000333. The van der Waals surface area contributed by atoms with Crippen LogP contribution >= 0.6 is 0 Å². The summed E-state index contributed by atoms with van der Waals surface area (Å²) in [6, 6.07) is 0. The fraction of sp³-hybridized carbons (Fsp3) is 1.00. The van der Waals surface area contributed by atoms with E-state index in [9.17, 15) is 69.8 Å². The molecule has 0 spiro atoms. The zero-order chi connectivity index (χ0) is 19.0. The van der Waals surface area contributed by atoms with Crippen molar-refractivity contribution in [2.24, 2.45) is 0 Å². The van der Waals surface area contributed by atoms with Crippen molar-refractivity contribution < 1.29 is 90.0 Å². The van der Waals surface area contributed by atoms with Gasteiger partial charge in [0.05, 0.1) is 0 Å². The van der Waals surface area contributed by atoms with Crippen LogP contribution in [0, 0.1) is 0 Å². The van der Waals surface area contributed by atoms with Crippen LogP contribution in [0.4, 0.5) is 43.9 Å². The molecule has 0 aromatic heterocycles. The third kappa shape index (κ3) is 6.65. The van der Waals surface area contributed by atoms with Crippen molar-refractivity contribution in [1.29, 1.82) is 0 Å². The molecule has 0 bridgehead atoms. The summed E-state index contributed by atoms with van der Waals surface area (Å²) in [5, 5.41) is -12.4. The number of hydrogen-bond donors (Lipinski definition) is 0. The van der Waals surface area contributed by atoms with Crippen molar-refractivity contribution in [1.82, 2.24) is 0 Å². The van der Waals surface area contributed by atoms with Crippen molar-refractivity contribution in [3.8, 4) is 0 Å². The molecule has 0 atom stereocenters. The quantitative estimate of drug-likeness (QED) is 0.355. The van der Waals surface area contributed by atoms with Crippen LogP contribution in [0.5, 0.6) is 0 Å². The van der Waals surface area contributed by atoms with Gasteiger partial charge in [0.1, 0.15) is 0 Å². The number of rotatable bonds is 2. The molecule has 0 aliphatic rings. The Morgan fingerprint density at radius 1 is 0.522 bits per heavy atom. The molecule has 0 rings (SSSR count). The van der Waals surface area contributed by atoms with Crippen molar-refractivity contribution in [3.63, 3.8) is 0 Å². The maximum Gasteiger partial charge on any atom is 0.468 e. The van der Waals surface area contributed by atoms with Gasteiger partial charge in [0.2, 0.25) is 0 Å². The van der Waals surface area contributed by atoms with Gasteiger partial charge in [-0.05, 0) is 0 Å². The van der Waals surface area contributed by atoms with Crippen LogP contribution in [0.1, 0.15) is 0 Å². The first-order chi connectivity index (χ1) is 9.00. The first kappa shape index (κ1) is 27.6. The zero-order valence-corrected chi connectivity index (χ0v) is 13.4. The maximum absolute atomic E-state index is 11.4. The van der Waals surface area contributed by atoms with Gasteiger partial charge < -0.3 is 9.11 Å². The Morgan fingerprint density at radius 2 is 0.652 bits per heavy atom. The summed E-state index contributed by atoms with van der Waals surface area (Å²) in [6.45, 7) is 0. The molecule has 0 aliphatic heterocycles. The first-order valence-corrected chi connectivity index (χ1v) is 6.61. The Morgan fingerprint density at radius 3 is 0.652 bits per heavy atom. The molecular formula is C4F10IrO6S2-2. The second-order valence-corrected chi connectivity index (χ2v) is 5.78. The van der Waals surface area contributed by atoms with Gasteiger partial charge in [-0.15, -0.1) is 0 Å². The van der Waals surface area contributed by atoms with Crippen LogP contribution in [0.15, 0.2) is 0 Å². The van der Waals surface area contributed by atoms with Crippen molar-refractivity contribution >= 4 is 20.2 Å². The van der Waals surface area contributed by atoms with Gasteiger partial charge in [0, 0.05) is 20.1 Å². The van der Waals surface area contributed by atoms with E-state index in [0.717, 1.165) is 0 Å². The molecule has 145 valence electrons. The van der Waals surface area contributed by atoms with E-state index in [1.54, 1.807) is 0 Å². The maximum atomic E-state index is 11.4. The Bertz CT molecular complexity index is 534. The van der Waals surface area contributed by atoms with Crippen LogP contribution in [-0.2, 0) is 40.3 Å². The van der Waals surface area contributed by atoms with Crippen LogP contribution in [0.25, 0.3) is 0 Å². The molecular weight excluding hydrogens is 590 g/mol. The molecule has 0 N–H and O–H groups in total. The van der Waals surface area contributed by atoms with Crippen LogP contribution in [0.3, 0.4) is 0 Å². The summed E-state index contributed by atoms with van der Waals surface area (Å²) in [6.07, 6.45) is -12.7. The molecule has 0 heterocycles. The summed E-state index contributed by atoms with van der Waals surface area (Å²) in [5.74, 6) is 0. The second kappa shape index (κ2) is 7.34. The molecule has 0 aromatic rings. The monoisotopic (exact) mass is 591 g/mol. The van der Waals surface area contributed by atoms with Crippen LogP contribution in [-0.4, -0.2) is 48.8 Å². The molecule has 0 saturated carbocycles. The molecule has 0 aromatic carbocycles. The van der Waals surface area contributed by atoms with E-state index in [4.69, 9.17) is 0 Å². The number of halogens is 10. The van der Waals surface area contributed by atoms with Crippen molar-refractivity contribution in [2.75, 3.05) is 0 Å². The Kier molecular flexibility index (Phi) is 8.81. The molecule has 23 heavy (non-hydrogen) atoms. The normalized spacial score (nSPS) is 14.4. The van der Waals surface area contributed by atoms with Crippen molar-refractivity contribution in [3.05, 3.63) is 0 Å². The van der Waals surface area contributed by atoms with E-state index in [0.29, 0.717) is 0 Å². The minimum absolute atomic E-state index is 0. The van der Waals surface area contributed by atoms with Crippen molar-refractivity contribution in [2.45, 2.75) is 22.9 Å². The van der Waals surface area contributed by atoms with E-state index >= 15 is 0 Å². The number of alkyl halides is 10. The van der Waals surface area contributed by atoms with E-state index in [-0.39, 0.29) is 20.1 Å². The predicted molar refractivity (Wildman–Crippen MR) is 41.4 cm³/mol. The molecule has 19 heteroatoms. The minimum atomic E-state index is -6.67. The van der Waals surface area contributed by atoms with E-state index < -0.39 is 43.1 Å². The van der Waals surface area contributed by atoms with Gasteiger partial charge in [0.25, 0.3) is 0 Å². The van der Waals surface area contributed by atoms with Gasteiger partial charge in [-0.2, -0.15) is 43.9 Å². The number of hydrogen-bond acceptors (Lipinski definition) is 6. The van der Waals surface area contributed by atoms with Gasteiger partial charge in [0.15, 0.2) is 20.2 Å². The molecule has 0 saturated heterocycles. The smallest absolute Gasteiger partial charge is 0.468 e. The largest absolute Gasteiger partial charge is 0.743 e. The summed E-state index contributed by atoms with van der Waals surface area (Å²) < 4.78 is 167. The second-order valence-electron chi connectivity index (χ2n) is 2.94. The molecule has 0 unspecified atom stereocenters.